The molecular formula is C23H25ClN2O5. The van der Waals surface area contributed by atoms with E-state index in [0.717, 1.165) is 6.42 Å². The van der Waals surface area contributed by atoms with Crippen LogP contribution in [0.25, 0.3) is 6.08 Å². The lowest BCUT2D eigenvalue weighted by molar-refractivity contribution is -0.112. The minimum Gasteiger partial charge on any atom is -0.495 e. The van der Waals surface area contributed by atoms with Gasteiger partial charge in [0.15, 0.2) is 11.5 Å². The van der Waals surface area contributed by atoms with Crippen molar-refractivity contribution in [1.29, 1.82) is 5.26 Å². The topological polar surface area (TPSA) is 89.8 Å². The van der Waals surface area contributed by atoms with Crippen LogP contribution >= 0.6 is 11.6 Å². The highest BCUT2D eigenvalue weighted by atomic mass is 35.5. The molecule has 31 heavy (non-hydrogen) atoms. The van der Waals surface area contributed by atoms with E-state index < -0.39 is 5.91 Å². The second kappa shape index (κ2) is 11.7. The number of rotatable bonds is 10. The lowest BCUT2D eigenvalue weighted by atomic mass is 10.1. The van der Waals surface area contributed by atoms with Crippen molar-refractivity contribution in [2.75, 3.05) is 32.8 Å². The molecule has 0 aliphatic heterocycles. The number of nitrogens with one attached hydrogen (secondary N) is 1. The van der Waals surface area contributed by atoms with Crippen LogP contribution in [0.5, 0.6) is 23.0 Å². The number of benzene rings is 2. The van der Waals surface area contributed by atoms with Crippen molar-refractivity contribution in [2.45, 2.75) is 20.3 Å². The average molecular weight is 445 g/mol. The molecule has 0 aliphatic carbocycles. The van der Waals surface area contributed by atoms with E-state index in [9.17, 15) is 10.1 Å². The van der Waals surface area contributed by atoms with Gasteiger partial charge in [-0.25, -0.2) is 0 Å². The summed E-state index contributed by atoms with van der Waals surface area (Å²) in [4.78, 5) is 12.7. The van der Waals surface area contributed by atoms with Crippen LogP contribution in [-0.4, -0.2) is 33.3 Å². The Balaban J connectivity index is 2.32. The first-order valence-electron chi connectivity index (χ1n) is 9.71. The van der Waals surface area contributed by atoms with Crippen molar-refractivity contribution in [3.8, 4) is 29.1 Å². The molecule has 0 aromatic heterocycles. The minimum absolute atomic E-state index is 0.0966. The third-order valence-corrected chi connectivity index (χ3v) is 4.42. The van der Waals surface area contributed by atoms with Crippen LogP contribution in [0.1, 0.15) is 25.8 Å². The standard InChI is InChI=1S/C23H25ClN2O5/c1-5-9-31-19-8-7-15(11-22(19)30-6-2)10-16(14-25)23(27)26-18-13-20(28-3)17(24)12-21(18)29-4/h7-8,10-13H,5-6,9H2,1-4H3,(H,26,27)/b16-10+. The Morgan fingerprint density at radius 3 is 2.42 bits per heavy atom. The van der Waals surface area contributed by atoms with Crippen LogP contribution in [0.15, 0.2) is 35.9 Å². The quantitative estimate of drug-likeness (QED) is 0.405. The first-order chi connectivity index (χ1) is 15.0. The van der Waals surface area contributed by atoms with Gasteiger partial charge in [0.1, 0.15) is 23.1 Å². The van der Waals surface area contributed by atoms with Gasteiger partial charge in [-0.3, -0.25) is 4.79 Å². The molecular weight excluding hydrogens is 420 g/mol. The van der Waals surface area contributed by atoms with E-state index in [1.165, 1.54) is 32.4 Å². The first kappa shape index (κ1) is 23.9. The molecule has 0 unspecified atom stereocenters. The molecule has 0 heterocycles. The maximum Gasteiger partial charge on any atom is 0.266 e. The number of ether oxygens (including phenoxy) is 4. The molecule has 2 aromatic carbocycles. The van der Waals surface area contributed by atoms with Crippen LogP contribution in [0.3, 0.4) is 0 Å². The number of hydrogen-bond donors (Lipinski definition) is 1. The van der Waals surface area contributed by atoms with E-state index in [4.69, 9.17) is 30.5 Å². The van der Waals surface area contributed by atoms with Gasteiger partial charge >= 0.3 is 0 Å². The van der Waals surface area contributed by atoms with Gasteiger partial charge in [0.25, 0.3) is 5.91 Å². The lowest BCUT2D eigenvalue weighted by Crippen LogP contribution is -2.14. The predicted octanol–water partition coefficient (Wildman–Crippen LogP) is 5.09. The summed E-state index contributed by atoms with van der Waals surface area (Å²) in [6.07, 6.45) is 2.34. The maximum atomic E-state index is 12.7. The van der Waals surface area contributed by atoms with Gasteiger partial charge < -0.3 is 24.3 Å². The van der Waals surface area contributed by atoms with Gasteiger partial charge in [-0.1, -0.05) is 24.6 Å². The van der Waals surface area contributed by atoms with E-state index in [0.29, 0.717) is 52.5 Å². The summed E-state index contributed by atoms with van der Waals surface area (Å²) in [5.41, 5.74) is 0.855. The summed E-state index contributed by atoms with van der Waals surface area (Å²) in [7, 11) is 2.91. The molecule has 2 rings (SSSR count). The molecule has 1 amide bonds. The first-order valence-corrected chi connectivity index (χ1v) is 10.1. The van der Waals surface area contributed by atoms with Crippen molar-refractivity contribution < 1.29 is 23.7 Å². The average Bonchev–Trinajstić information content (AvgIpc) is 2.77. The Labute approximate surface area is 187 Å². The number of methoxy groups -OCH3 is 2. The number of anilines is 1. The Bertz CT molecular complexity index is 998. The number of nitrogens with zero attached hydrogens (tertiary/aromatic N) is 1. The van der Waals surface area contributed by atoms with E-state index >= 15 is 0 Å². The molecule has 0 saturated carbocycles. The third-order valence-electron chi connectivity index (χ3n) is 4.13. The Hall–Kier alpha value is -3.37. The second-order valence-electron chi connectivity index (χ2n) is 6.30. The van der Waals surface area contributed by atoms with Crippen LogP contribution < -0.4 is 24.3 Å². The van der Waals surface area contributed by atoms with Gasteiger partial charge in [-0.05, 0) is 37.1 Å². The van der Waals surface area contributed by atoms with E-state index in [-0.39, 0.29) is 5.57 Å². The highest BCUT2D eigenvalue weighted by Gasteiger charge is 2.16. The maximum absolute atomic E-state index is 12.7. The SMILES string of the molecule is CCCOc1ccc(/C=C(\C#N)C(=O)Nc2cc(OC)c(Cl)cc2OC)cc1OCC. The molecule has 0 atom stereocenters. The monoisotopic (exact) mass is 444 g/mol. The number of nitriles is 1. The van der Waals surface area contributed by atoms with E-state index in [1.54, 1.807) is 18.2 Å². The molecule has 0 radical (unpaired) electrons. The number of carbonyl (C=O) groups excluding carboxylic acids is 1. The minimum atomic E-state index is -0.602. The zero-order valence-electron chi connectivity index (χ0n) is 18.0. The van der Waals surface area contributed by atoms with E-state index in [1.807, 2.05) is 19.9 Å². The normalized spacial score (nSPS) is 10.8. The summed E-state index contributed by atoms with van der Waals surface area (Å²) in [6.45, 7) is 4.90. The van der Waals surface area contributed by atoms with E-state index in [2.05, 4.69) is 5.32 Å². The molecule has 2 aromatic rings. The van der Waals surface area contributed by atoms with Gasteiger partial charge in [-0.2, -0.15) is 5.26 Å². The summed E-state index contributed by atoms with van der Waals surface area (Å²) in [5.74, 6) is 1.26. The molecule has 0 spiro atoms. The summed E-state index contributed by atoms with van der Waals surface area (Å²) in [6, 6.07) is 10.2. The predicted molar refractivity (Wildman–Crippen MR) is 120 cm³/mol. The largest absolute Gasteiger partial charge is 0.495 e. The molecule has 0 saturated heterocycles. The fourth-order valence-electron chi connectivity index (χ4n) is 2.68. The van der Waals surface area contributed by atoms with Crippen LogP contribution in [0.2, 0.25) is 5.02 Å². The van der Waals surface area contributed by atoms with Crippen molar-refractivity contribution in [2.24, 2.45) is 0 Å². The van der Waals surface area contributed by atoms with Crippen molar-refractivity contribution >= 4 is 29.3 Å². The second-order valence-corrected chi connectivity index (χ2v) is 6.71. The number of hydrogen-bond acceptors (Lipinski definition) is 6. The molecule has 0 aliphatic rings. The Kier molecular flexibility index (Phi) is 9.04. The molecule has 0 fully saturated rings. The zero-order valence-corrected chi connectivity index (χ0v) is 18.7. The molecule has 8 heteroatoms. The highest BCUT2D eigenvalue weighted by molar-refractivity contribution is 6.32. The van der Waals surface area contributed by atoms with Crippen LogP contribution in [-0.2, 0) is 4.79 Å². The summed E-state index contributed by atoms with van der Waals surface area (Å²) >= 11 is 6.10. The fraction of sp³-hybridized carbons (Fsp3) is 0.304. The van der Waals surface area contributed by atoms with Gasteiger partial charge in [0, 0.05) is 12.1 Å². The number of carbonyl (C=O) groups is 1. The fourth-order valence-corrected chi connectivity index (χ4v) is 2.91. The zero-order chi connectivity index (χ0) is 22.8. The van der Waals surface area contributed by atoms with Gasteiger partial charge in [-0.15, -0.1) is 0 Å². The third kappa shape index (κ3) is 6.30. The van der Waals surface area contributed by atoms with Crippen molar-refractivity contribution in [3.05, 3.63) is 46.5 Å². The molecule has 1 N–H and O–H groups in total. The summed E-state index contributed by atoms with van der Waals surface area (Å²) < 4.78 is 21.8. The van der Waals surface area contributed by atoms with Gasteiger partial charge in [0.05, 0.1) is 38.1 Å². The Morgan fingerprint density at radius 1 is 1.06 bits per heavy atom. The Morgan fingerprint density at radius 2 is 1.81 bits per heavy atom. The van der Waals surface area contributed by atoms with Crippen LogP contribution in [0, 0.1) is 11.3 Å². The smallest absolute Gasteiger partial charge is 0.266 e. The molecule has 0 bridgehead atoms. The molecule has 7 nitrogen and oxygen atoms in total. The van der Waals surface area contributed by atoms with Crippen LogP contribution in [0.4, 0.5) is 5.69 Å². The highest BCUT2D eigenvalue weighted by Crippen LogP contribution is 2.36. The lowest BCUT2D eigenvalue weighted by Gasteiger charge is -2.13. The van der Waals surface area contributed by atoms with Crippen molar-refractivity contribution in [1.82, 2.24) is 0 Å². The summed E-state index contributed by atoms with van der Waals surface area (Å²) in [5, 5.41) is 12.5. The number of amides is 1. The number of halogens is 1. The van der Waals surface area contributed by atoms with Crippen molar-refractivity contribution in [3.63, 3.8) is 0 Å². The molecule has 164 valence electrons. The van der Waals surface area contributed by atoms with Gasteiger partial charge in [0.2, 0.25) is 0 Å².